The lowest BCUT2D eigenvalue weighted by atomic mass is 10.2. The zero-order valence-electron chi connectivity index (χ0n) is 5.72. The van der Waals surface area contributed by atoms with Gasteiger partial charge in [0.05, 0.1) is 6.07 Å². The third kappa shape index (κ3) is 3.02. The number of carbonyl (C=O) groups is 1. The Labute approximate surface area is 60.3 Å². The van der Waals surface area contributed by atoms with E-state index >= 15 is 0 Å². The van der Waals surface area contributed by atoms with Crippen LogP contribution in [0.1, 0.15) is 8.35 Å². The molecule has 0 heterocycles. The normalized spacial score (nSPS) is 11.7. The van der Waals surface area contributed by atoms with Crippen molar-refractivity contribution in [2.75, 3.05) is 13.2 Å². The lowest BCUT2D eigenvalue weighted by molar-refractivity contribution is -0.122. The molecule has 1 amide bonds. The Morgan fingerprint density at radius 2 is 2.60 bits per heavy atom. The second-order valence-electron chi connectivity index (χ2n) is 1.83. The van der Waals surface area contributed by atoms with Crippen LogP contribution >= 0.6 is 0 Å². The molecule has 0 aromatic carbocycles. The number of rotatable bonds is 3. The standard InChI is InChI=1S/C6H9FN2O.H2/c1-5(4-8)6(10)9-3-2-7;/h5H,2-3H2,1H3,(H,9,10);1H. The molecule has 58 valence electrons. The molecule has 0 rings (SSSR count). The molecule has 4 heteroatoms. The average Bonchev–Trinajstić information content (AvgIpc) is 1.98. The fourth-order valence-corrected chi connectivity index (χ4v) is 0.382. The Hall–Kier alpha value is -1.11. The monoisotopic (exact) mass is 146 g/mol. The van der Waals surface area contributed by atoms with Crippen molar-refractivity contribution in [3.05, 3.63) is 0 Å². The van der Waals surface area contributed by atoms with E-state index in [0.717, 1.165) is 0 Å². The van der Waals surface area contributed by atoms with E-state index in [1.165, 1.54) is 6.92 Å². The molecule has 0 aliphatic rings. The van der Waals surface area contributed by atoms with Crippen molar-refractivity contribution in [2.45, 2.75) is 6.92 Å². The van der Waals surface area contributed by atoms with Crippen molar-refractivity contribution in [2.24, 2.45) is 5.92 Å². The smallest absolute Gasteiger partial charge is 0.237 e. The van der Waals surface area contributed by atoms with E-state index in [1.807, 2.05) is 0 Å². The number of alkyl halides is 1. The quantitative estimate of drug-likeness (QED) is 0.629. The Balaban J connectivity index is 0. The Bertz CT molecular complexity index is 157. The number of nitriles is 1. The number of halogens is 1. The van der Waals surface area contributed by atoms with Crippen LogP contribution < -0.4 is 5.32 Å². The zero-order valence-corrected chi connectivity index (χ0v) is 5.72. The molecule has 0 fully saturated rings. The van der Waals surface area contributed by atoms with Crippen molar-refractivity contribution in [1.29, 1.82) is 5.26 Å². The largest absolute Gasteiger partial charge is 0.352 e. The molecule has 0 saturated carbocycles. The van der Waals surface area contributed by atoms with Crippen LogP contribution in [0, 0.1) is 17.2 Å². The molecule has 0 radical (unpaired) electrons. The number of amides is 1. The summed E-state index contributed by atoms with van der Waals surface area (Å²) >= 11 is 0. The fourth-order valence-electron chi connectivity index (χ4n) is 0.382. The summed E-state index contributed by atoms with van der Waals surface area (Å²) in [4.78, 5) is 10.6. The first-order chi connectivity index (χ1) is 4.72. The average molecular weight is 146 g/mol. The van der Waals surface area contributed by atoms with E-state index < -0.39 is 18.5 Å². The molecule has 0 aliphatic carbocycles. The number of carbonyl (C=O) groups excluding carboxylic acids is 1. The van der Waals surface area contributed by atoms with Crippen molar-refractivity contribution in [1.82, 2.24) is 5.32 Å². The van der Waals surface area contributed by atoms with Gasteiger partial charge in [-0.05, 0) is 6.92 Å². The van der Waals surface area contributed by atoms with Gasteiger partial charge in [-0.2, -0.15) is 5.26 Å². The SMILES string of the molecule is CC(C#N)C(=O)NCCF.[HH]. The van der Waals surface area contributed by atoms with Crippen molar-refractivity contribution < 1.29 is 10.6 Å². The van der Waals surface area contributed by atoms with Gasteiger partial charge in [0.1, 0.15) is 12.6 Å². The summed E-state index contributed by atoms with van der Waals surface area (Å²) in [7, 11) is 0. The Morgan fingerprint density at radius 3 is 3.00 bits per heavy atom. The maximum Gasteiger partial charge on any atom is 0.237 e. The molecule has 0 aromatic rings. The molecule has 1 atom stereocenters. The minimum Gasteiger partial charge on any atom is -0.352 e. The molecule has 0 aliphatic heterocycles. The lowest BCUT2D eigenvalue weighted by Gasteiger charge is -2.01. The molecule has 1 N–H and O–H groups in total. The summed E-state index contributed by atoms with van der Waals surface area (Å²) in [5, 5.41) is 10.4. The third-order valence-electron chi connectivity index (χ3n) is 0.981. The van der Waals surface area contributed by atoms with Crippen LogP contribution in [0.25, 0.3) is 0 Å². The molecular formula is C6H11FN2O. The molecule has 1 unspecified atom stereocenters. The van der Waals surface area contributed by atoms with Gasteiger partial charge < -0.3 is 5.32 Å². The lowest BCUT2D eigenvalue weighted by Crippen LogP contribution is -2.29. The first kappa shape index (κ1) is 8.89. The number of hydrogen-bond donors (Lipinski definition) is 1. The second kappa shape index (κ2) is 4.74. The molecular weight excluding hydrogens is 135 g/mol. The van der Waals surface area contributed by atoms with Gasteiger partial charge in [-0.3, -0.25) is 4.79 Å². The van der Waals surface area contributed by atoms with Crippen LogP contribution in [0.15, 0.2) is 0 Å². The van der Waals surface area contributed by atoms with Gasteiger partial charge >= 0.3 is 0 Å². The summed E-state index contributed by atoms with van der Waals surface area (Å²) in [6.07, 6.45) is 0. The first-order valence-corrected chi connectivity index (χ1v) is 2.95. The van der Waals surface area contributed by atoms with Crippen LogP contribution in [0.3, 0.4) is 0 Å². The Morgan fingerprint density at radius 1 is 2.00 bits per heavy atom. The van der Waals surface area contributed by atoms with Crippen LogP contribution in [0.4, 0.5) is 4.39 Å². The predicted octanol–water partition coefficient (Wildman–Crippen LogP) is 0.478. The summed E-state index contributed by atoms with van der Waals surface area (Å²) < 4.78 is 11.4. The van der Waals surface area contributed by atoms with Crippen LogP contribution in [-0.4, -0.2) is 19.1 Å². The van der Waals surface area contributed by atoms with Crippen molar-refractivity contribution in [3.63, 3.8) is 0 Å². The molecule has 10 heavy (non-hydrogen) atoms. The predicted molar refractivity (Wildman–Crippen MR) is 35.9 cm³/mol. The fraction of sp³-hybridized carbons (Fsp3) is 0.667. The highest BCUT2D eigenvalue weighted by molar-refractivity contribution is 5.80. The summed E-state index contributed by atoms with van der Waals surface area (Å²) in [5.74, 6) is -1.10. The molecule has 0 bridgehead atoms. The highest BCUT2D eigenvalue weighted by Gasteiger charge is 2.09. The molecule has 0 saturated heterocycles. The van der Waals surface area contributed by atoms with Gasteiger partial charge in [0.25, 0.3) is 0 Å². The third-order valence-corrected chi connectivity index (χ3v) is 0.981. The topological polar surface area (TPSA) is 52.9 Å². The highest BCUT2D eigenvalue weighted by Crippen LogP contribution is 1.89. The molecule has 3 nitrogen and oxygen atoms in total. The minimum atomic E-state index is -0.688. The molecule has 0 spiro atoms. The second-order valence-corrected chi connectivity index (χ2v) is 1.83. The first-order valence-electron chi connectivity index (χ1n) is 2.95. The zero-order chi connectivity index (χ0) is 7.98. The number of nitrogens with one attached hydrogen (secondary N) is 1. The van der Waals surface area contributed by atoms with E-state index in [0.29, 0.717) is 0 Å². The summed E-state index contributed by atoms with van der Waals surface area (Å²) in [5.41, 5.74) is 0. The van der Waals surface area contributed by atoms with Crippen LogP contribution in [0.5, 0.6) is 0 Å². The van der Waals surface area contributed by atoms with E-state index in [-0.39, 0.29) is 7.97 Å². The van der Waals surface area contributed by atoms with Gasteiger partial charge in [0.2, 0.25) is 5.91 Å². The molecule has 0 aromatic heterocycles. The number of nitrogens with zero attached hydrogens (tertiary/aromatic N) is 1. The van der Waals surface area contributed by atoms with E-state index in [1.54, 1.807) is 6.07 Å². The summed E-state index contributed by atoms with van der Waals surface area (Å²) in [6.45, 7) is 0.863. The summed E-state index contributed by atoms with van der Waals surface area (Å²) in [6, 6.07) is 1.74. The van der Waals surface area contributed by atoms with Gasteiger partial charge in [-0.25, -0.2) is 4.39 Å². The van der Waals surface area contributed by atoms with Gasteiger partial charge in [-0.15, -0.1) is 0 Å². The van der Waals surface area contributed by atoms with Crippen molar-refractivity contribution >= 4 is 5.91 Å². The van der Waals surface area contributed by atoms with Gasteiger partial charge in [0, 0.05) is 7.97 Å². The maximum atomic E-state index is 11.4. The number of hydrogen-bond acceptors (Lipinski definition) is 2. The van der Waals surface area contributed by atoms with Crippen LogP contribution in [-0.2, 0) is 4.79 Å². The van der Waals surface area contributed by atoms with Gasteiger partial charge in [0.15, 0.2) is 0 Å². The van der Waals surface area contributed by atoms with Gasteiger partial charge in [-0.1, -0.05) is 0 Å². The van der Waals surface area contributed by atoms with E-state index in [9.17, 15) is 9.18 Å². The van der Waals surface area contributed by atoms with Crippen LogP contribution in [0.2, 0.25) is 0 Å². The van der Waals surface area contributed by atoms with E-state index in [2.05, 4.69) is 5.32 Å². The van der Waals surface area contributed by atoms with E-state index in [4.69, 9.17) is 5.26 Å². The Kier molecular flexibility index (Phi) is 4.21. The minimum absolute atomic E-state index is 0. The van der Waals surface area contributed by atoms with Crippen molar-refractivity contribution in [3.8, 4) is 6.07 Å². The highest BCUT2D eigenvalue weighted by atomic mass is 19.1. The maximum absolute atomic E-state index is 11.4.